The normalized spacial score (nSPS) is 16.6. The van der Waals surface area contributed by atoms with Gasteiger partial charge in [-0.3, -0.25) is 0 Å². The summed E-state index contributed by atoms with van der Waals surface area (Å²) in [6, 6.07) is 50.3. The Morgan fingerprint density at radius 3 is 1.98 bits per heavy atom. The third kappa shape index (κ3) is 4.21. The topological polar surface area (TPSA) is 16.4 Å². The van der Waals surface area contributed by atoms with E-state index in [0.717, 1.165) is 16.6 Å². The van der Waals surface area contributed by atoms with Gasteiger partial charge in [-0.2, -0.15) is 0 Å². The van der Waals surface area contributed by atoms with Gasteiger partial charge in [-0.1, -0.05) is 144 Å². The van der Waals surface area contributed by atoms with Crippen LogP contribution in [0.2, 0.25) is 0 Å². The van der Waals surface area contributed by atoms with Crippen molar-refractivity contribution < 1.29 is 4.42 Å². The van der Waals surface area contributed by atoms with Crippen LogP contribution in [0, 0.1) is 0 Å². The second-order valence-electron chi connectivity index (χ2n) is 16.7. The quantitative estimate of drug-likeness (QED) is 0.183. The van der Waals surface area contributed by atoms with E-state index in [9.17, 15) is 0 Å². The molecular weight excluding hydrogens is 643 g/mol. The molecule has 1 saturated carbocycles. The van der Waals surface area contributed by atoms with Crippen LogP contribution in [0.15, 0.2) is 138 Å². The fraction of sp³-hybridized carbons (Fsp3) is 0.216. The second kappa shape index (κ2) is 11.0. The molecule has 0 unspecified atom stereocenters. The third-order valence-electron chi connectivity index (χ3n) is 13.2. The summed E-state index contributed by atoms with van der Waals surface area (Å²) >= 11 is 0. The van der Waals surface area contributed by atoms with Gasteiger partial charge >= 0.3 is 0 Å². The summed E-state index contributed by atoms with van der Waals surface area (Å²) in [6.07, 6.45) is 5.09. The lowest BCUT2D eigenvalue weighted by Gasteiger charge is -2.31. The molecule has 1 fully saturated rings. The molecule has 0 saturated heterocycles. The van der Waals surface area contributed by atoms with Crippen LogP contribution in [0.5, 0.6) is 0 Å². The summed E-state index contributed by atoms with van der Waals surface area (Å²) in [5, 5.41) is 4.84. The molecule has 7 aromatic carbocycles. The minimum atomic E-state index is -0.114. The highest BCUT2D eigenvalue weighted by Crippen LogP contribution is 2.57. The number of benzene rings is 7. The van der Waals surface area contributed by atoms with Crippen LogP contribution in [0.4, 0.5) is 17.1 Å². The summed E-state index contributed by atoms with van der Waals surface area (Å²) in [5.74, 6) is 0.571. The van der Waals surface area contributed by atoms with Crippen molar-refractivity contribution in [1.29, 1.82) is 0 Å². The molecule has 2 heteroatoms. The number of furan rings is 1. The van der Waals surface area contributed by atoms with Gasteiger partial charge in [-0.25, -0.2) is 0 Å². The molecule has 0 amide bonds. The van der Waals surface area contributed by atoms with Crippen molar-refractivity contribution >= 4 is 49.8 Å². The van der Waals surface area contributed by atoms with E-state index in [0.29, 0.717) is 5.92 Å². The first kappa shape index (κ1) is 31.0. The smallest absolute Gasteiger partial charge is 0.143 e. The average Bonchev–Trinajstić information content (AvgIpc) is 3.95. The van der Waals surface area contributed by atoms with Gasteiger partial charge in [0.05, 0.1) is 11.4 Å². The van der Waals surface area contributed by atoms with Gasteiger partial charge in [0.25, 0.3) is 0 Å². The monoisotopic (exact) mass is 685 g/mol. The molecule has 0 atom stereocenters. The third-order valence-corrected chi connectivity index (χ3v) is 13.2. The maximum absolute atomic E-state index is 6.86. The van der Waals surface area contributed by atoms with E-state index in [1.807, 2.05) is 0 Å². The van der Waals surface area contributed by atoms with Crippen molar-refractivity contribution in [2.75, 3.05) is 4.90 Å². The molecule has 53 heavy (non-hydrogen) atoms. The minimum absolute atomic E-state index is 0.0653. The molecule has 0 N–H and O–H groups in total. The molecule has 8 aromatic rings. The van der Waals surface area contributed by atoms with Crippen molar-refractivity contribution in [3.63, 3.8) is 0 Å². The number of anilines is 3. The molecule has 1 aromatic heterocycles. The Labute approximate surface area is 311 Å². The van der Waals surface area contributed by atoms with Gasteiger partial charge in [0.15, 0.2) is 0 Å². The van der Waals surface area contributed by atoms with E-state index in [4.69, 9.17) is 4.42 Å². The molecule has 2 nitrogen and oxygen atoms in total. The zero-order valence-electron chi connectivity index (χ0n) is 31.0. The molecule has 0 bridgehead atoms. The number of nitrogens with zero attached hydrogens (tertiary/aromatic N) is 1. The SMILES string of the molecule is CC1(C)c2ccccc2-c2cc(N(c3cccc4c3-c3ccccc3C4(C)C)c3cc4c(oc5cccc(C6CCCC6)c54)c4ccccc34)ccc21. The van der Waals surface area contributed by atoms with Gasteiger partial charge in [-0.05, 0) is 93.6 Å². The fourth-order valence-corrected chi connectivity index (χ4v) is 10.6. The lowest BCUT2D eigenvalue weighted by molar-refractivity contribution is 0.660. The Morgan fingerprint density at radius 2 is 1.17 bits per heavy atom. The van der Waals surface area contributed by atoms with Crippen molar-refractivity contribution in [3.8, 4) is 22.3 Å². The highest BCUT2D eigenvalue weighted by molar-refractivity contribution is 6.21. The predicted octanol–water partition coefficient (Wildman–Crippen LogP) is 14.5. The van der Waals surface area contributed by atoms with Gasteiger partial charge < -0.3 is 9.32 Å². The number of hydrogen-bond acceptors (Lipinski definition) is 2. The highest BCUT2D eigenvalue weighted by atomic mass is 16.3. The fourth-order valence-electron chi connectivity index (χ4n) is 10.6. The number of fused-ring (bicyclic) bond motifs is 11. The van der Waals surface area contributed by atoms with Gasteiger partial charge in [0.1, 0.15) is 11.2 Å². The zero-order valence-corrected chi connectivity index (χ0v) is 31.0. The first-order valence-electron chi connectivity index (χ1n) is 19.5. The molecule has 0 spiro atoms. The van der Waals surface area contributed by atoms with Crippen LogP contribution in [0.1, 0.15) is 87.1 Å². The van der Waals surface area contributed by atoms with Gasteiger partial charge in [-0.15, -0.1) is 0 Å². The van der Waals surface area contributed by atoms with Crippen molar-refractivity contribution in [3.05, 3.63) is 161 Å². The summed E-state index contributed by atoms with van der Waals surface area (Å²) in [4.78, 5) is 2.57. The maximum atomic E-state index is 6.86. The van der Waals surface area contributed by atoms with Crippen molar-refractivity contribution in [1.82, 2.24) is 0 Å². The molecular formula is C51H43NO. The van der Waals surface area contributed by atoms with E-state index in [1.54, 1.807) is 0 Å². The van der Waals surface area contributed by atoms with E-state index < -0.39 is 0 Å². The number of hydrogen-bond donors (Lipinski definition) is 0. The summed E-state index contributed by atoms with van der Waals surface area (Å²) in [6.45, 7) is 9.49. The Balaban J connectivity index is 1.26. The standard InChI is InChI=1S/C51H43NO/c1-50(2)40-22-11-9-17-34(40)38-29-32(27-28-42(38)50)52(44-25-14-24-43-48(44)37-20-10-12-23-41(37)51(43,3)4)45-30-39-47-33(31-15-5-6-16-31)21-13-26-46(47)53-49(39)36-19-8-7-18-35(36)45/h7-14,17-31H,5-6,15-16H2,1-4H3. The first-order chi connectivity index (χ1) is 25.8. The van der Waals surface area contributed by atoms with E-state index >= 15 is 0 Å². The Kier molecular flexibility index (Phi) is 6.41. The lowest BCUT2D eigenvalue weighted by Crippen LogP contribution is -2.17. The van der Waals surface area contributed by atoms with Gasteiger partial charge in [0.2, 0.25) is 0 Å². The molecule has 11 rings (SSSR count). The van der Waals surface area contributed by atoms with E-state index in [-0.39, 0.29) is 10.8 Å². The first-order valence-corrected chi connectivity index (χ1v) is 19.5. The van der Waals surface area contributed by atoms with Crippen LogP contribution in [-0.4, -0.2) is 0 Å². The summed E-state index contributed by atoms with van der Waals surface area (Å²) in [5.41, 5.74) is 17.6. The molecule has 1 heterocycles. The molecule has 3 aliphatic rings. The Morgan fingerprint density at radius 1 is 0.528 bits per heavy atom. The molecule has 3 aliphatic carbocycles. The van der Waals surface area contributed by atoms with Crippen LogP contribution in [0.3, 0.4) is 0 Å². The van der Waals surface area contributed by atoms with Crippen LogP contribution in [-0.2, 0) is 10.8 Å². The number of rotatable bonds is 4. The predicted molar refractivity (Wildman–Crippen MR) is 222 cm³/mol. The van der Waals surface area contributed by atoms with Gasteiger partial charge in [0, 0.05) is 43.6 Å². The minimum Gasteiger partial charge on any atom is -0.455 e. The summed E-state index contributed by atoms with van der Waals surface area (Å²) in [7, 11) is 0. The van der Waals surface area contributed by atoms with E-state index in [2.05, 4.69) is 166 Å². The van der Waals surface area contributed by atoms with Crippen molar-refractivity contribution in [2.24, 2.45) is 0 Å². The highest BCUT2D eigenvalue weighted by Gasteiger charge is 2.39. The van der Waals surface area contributed by atoms with Crippen molar-refractivity contribution in [2.45, 2.75) is 70.1 Å². The Hall–Kier alpha value is -5.60. The van der Waals surface area contributed by atoms with Crippen LogP contribution >= 0.6 is 0 Å². The molecule has 0 radical (unpaired) electrons. The lowest BCUT2D eigenvalue weighted by atomic mass is 9.82. The molecule has 0 aliphatic heterocycles. The average molecular weight is 686 g/mol. The second-order valence-corrected chi connectivity index (χ2v) is 16.7. The zero-order chi connectivity index (χ0) is 35.6. The molecule has 258 valence electrons. The Bertz CT molecular complexity index is 2810. The maximum Gasteiger partial charge on any atom is 0.143 e. The van der Waals surface area contributed by atoms with Crippen LogP contribution < -0.4 is 4.90 Å². The van der Waals surface area contributed by atoms with Crippen LogP contribution in [0.25, 0.3) is 55.0 Å². The van der Waals surface area contributed by atoms with E-state index in [1.165, 1.54) is 109 Å². The summed E-state index contributed by atoms with van der Waals surface area (Å²) < 4.78 is 6.86. The largest absolute Gasteiger partial charge is 0.455 e.